The summed E-state index contributed by atoms with van der Waals surface area (Å²) in [7, 11) is 0. The van der Waals surface area contributed by atoms with Crippen LogP contribution in [0.3, 0.4) is 0 Å². The smallest absolute Gasteiger partial charge is 0.407 e. The molecule has 1 aromatic carbocycles. The van der Waals surface area contributed by atoms with E-state index in [0.29, 0.717) is 18.7 Å². The van der Waals surface area contributed by atoms with Gasteiger partial charge < -0.3 is 15.4 Å². The molecule has 5 nitrogen and oxygen atoms in total. The topological polar surface area (TPSA) is 67.4 Å². The number of hydrogen-bond acceptors (Lipinski definition) is 3. The molecule has 0 radical (unpaired) electrons. The van der Waals surface area contributed by atoms with Crippen molar-refractivity contribution in [3.05, 3.63) is 33.8 Å². The minimum Gasteiger partial charge on any atom is -0.444 e. The number of hydrogen-bond donors (Lipinski definition) is 2. The summed E-state index contributed by atoms with van der Waals surface area (Å²) in [4.78, 5) is 23.6. The molecule has 0 atom stereocenters. The molecule has 0 fully saturated rings. The Morgan fingerprint density at radius 1 is 1.18 bits per heavy atom. The van der Waals surface area contributed by atoms with Crippen LogP contribution in [-0.2, 0) is 11.3 Å². The van der Waals surface area contributed by atoms with Crippen molar-refractivity contribution in [2.24, 2.45) is 0 Å². The number of ether oxygens (including phenoxy) is 1. The average Bonchev–Trinajstić information content (AvgIpc) is 2.40. The molecule has 0 saturated heterocycles. The van der Waals surface area contributed by atoms with Gasteiger partial charge in [-0.25, -0.2) is 4.79 Å². The van der Waals surface area contributed by atoms with Gasteiger partial charge >= 0.3 is 6.09 Å². The van der Waals surface area contributed by atoms with Crippen LogP contribution in [0.2, 0.25) is 0 Å². The van der Waals surface area contributed by atoms with Crippen LogP contribution in [0.5, 0.6) is 0 Å². The molecule has 122 valence electrons. The van der Waals surface area contributed by atoms with E-state index in [-0.39, 0.29) is 5.91 Å². The molecule has 1 rings (SSSR count). The lowest BCUT2D eigenvalue weighted by Gasteiger charge is -2.19. The molecule has 0 aliphatic carbocycles. The normalized spacial score (nSPS) is 11.0. The second-order valence-corrected chi connectivity index (χ2v) is 6.88. The van der Waals surface area contributed by atoms with Gasteiger partial charge in [0.05, 0.1) is 0 Å². The van der Waals surface area contributed by atoms with Crippen molar-refractivity contribution < 1.29 is 14.3 Å². The summed E-state index contributed by atoms with van der Waals surface area (Å²) in [5.74, 6) is -0.123. The molecule has 0 spiro atoms. The molecule has 0 aliphatic rings. The van der Waals surface area contributed by atoms with Gasteiger partial charge in [0.2, 0.25) is 0 Å². The summed E-state index contributed by atoms with van der Waals surface area (Å²) in [5.41, 5.74) is 0.845. The van der Waals surface area contributed by atoms with Crippen LogP contribution in [0, 0.1) is 0 Å². The fourth-order valence-corrected chi connectivity index (χ4v) is 2.25. The molecule has 22 heavy (non-hydrogen) atoms. The van der Waals surface area contributed by atoms with Crippen molar-refractivity contribution in [3.63, 3.8) is 0 Å². The quantitative estimate of drug-likeness (QED) is 0.831. The molecular formula is C16H23BrN2O3. The first-order chi connectivity index (χ1) is 10.2. The van der Waals surface area contributed by atoms with Gasteiger partial charge in [-0.3, -0.25) is 4.79 Å². The zero-order chi connectivity index (χ0) is 16.8. The number of nitrogens with one attached hydrogen (secondary N) is 2. The van der Waals surface area contributed by atoms with Gasteiger partial charge in [0.1, 0.15) is 5.60 Å². The van der Waals surface area contributed by atoms with Crippen molar-refractivity contribution in [2.75, 3.05) is 6.54 Å². The summed E-state index contributed by atoms with van der Waals surface area (Å²) < 4.78 is 5.97. The molecule has 0 aliphatic heterocycles. The van der Waals surface area contributed by atoms with E-state index in [0.717, 1.165) is 16.5 Å². The van der Waals surface area contributed by atoms with E-state index >= 15 is 0 Å². The fraction of sp³-hybridized carbons (Fsp3) is 0.500. The lowest BCUT2D eigenvalue weighted by atomic mass is 10.1. The van der Waals surface area contributed by atoms with Crippen molar-refractivity contribution in [2.45, 2.75) is 46.3 Å². The molecule has 6 heteroatoms. The Balaban J connectivity index is 2.69. The number of alkyl carbamates (subject to hydrolysis) is 1. The Bertz CT molecular complexity index is 539. The number of benzene rings is 1. The minimum absolute atomic E-state index is 0.123. The fourth-order valence-electron chi connectivity index (χ4n) is 1.71. The van der Waals surface area contributed by atoms with Crippen molar-refractivity contribution in [1.29, 1.82) is 0 Å². The molecule has 2 N–H and O–H groups in total. The van der Waals surface area contributed by atoms with E-state index in [9.17, 15) is 9.59 Å². The monoisotopic (exact) mass is 370 g/mol. The zero-order valence-corrected chi connectivity index (χ0v) is 15.0. The number of halogens is 1. The third kappa shape index (κ3) is 6.93. The Hall–Kier alpha value is -1.56. The zero-order valence-electron chi connectivity index (χ0n) is 13.5. The number of carbonyl (C=O) groups is 2. The van der Waals surface area contributed by atoms with Gasteiger partial charge in [-0.15, -0.1) is 0 Å². The second-order valence-electron chi connectivity index (χ2n) is 5.96. The third-order valence-electron chi connectivity index (χ3n) is 2.59. The Kier molecular flexibility index (Phi) is 6.87. The van der Waals surface area contributed by atoms with E-state index in [1.54, 1.807) is 12.1 Å². The van der Waals surface area contributed by atoms with E-state index in [4.69, 9.17) is 4.74 Å². The van der Waals surface area contributed by atoms with Crippen LogP contribution in [0.4, 0.5) is 4.79 Å². The number of carbonyl (C=O) groups excluding carboxylic acids is 2. The van der Waals surface area contributed by atoms with Crippen LogP contribution in [0.1, 0.15) is 50.0 Å². The standard InChI is InChI=1S/C16H23BrN2O3/c1-5-6-18-14(20)12-7-11(8-13(17)9-12)10-19-15(21)22-16(2,3)4/h7-9H,5-6,10H2,1-4H3,(H,18,20)(H,19,21). The van der Waals surface area contributed by atoms with E-state index < -0.39 is 11.7 Å². The number of rotatable bonds is 5. The first kappa shape index (κ1) is 18.5. The number of amides is 2. The largest absolute Gasteiger partial charge is 0.444 e. The summed E-state index contributed by atoms with van der Waals surface area (Å²) in [5, 5.41) is 5.51. The highest BCUT2D eigenvalue weighted by molar-refractivity contribution is 9.10. The molecule has 0 unspecified atom stereocenters. The SMILES string of the molecule is CCCNC(=O)c1cc(Br)cc(CNC(=O)OC(C)(C)C)c1. The van der Waals surface area contributed by atoms with Gasteiger partial charge in [-0.2, -0.15) is 0 Å². The van der Waals surface area contributed by atoms with Gasteiger partial charge in [0.15, 0.2) is 0 Å². The minimum atomic E-state index is -0.535. The van der Waals surface area contributed by atoms with E-state index in [1.165, 1.54) is 0 Å². The first-order valence-corrected chi connectivity index (χ1v) is 8.05. The lowest BCUT2D eigenvalue weighted by Crippen LogP contribution is -2.32. The summed E-state index contributed by atoms with van der Waals surface area (Å²) in [6, 6.07) is 5.36. The molecule has 0 heterocycles. The van der Waals surface area contributed by atoms with Gasteiger partial charge in [-0.1, -0.05) is 22.9 Å². The Morgan fingerprint density at radius 2 is 1.86 bits per heavy atom. The molecule has 2 amide bonds. The third-order valence-corrected chi connectivity index (χ3v) is 3.05. The van der Waals surface area contributed by atoms with Crippen LogP contribution >= 0.6 is 15.9 Å². The predicted octanol–water partition coefficient (Wildman–Crippen LogP) is 3.61. The predicted molar refractivity (Wildman–Crippen MR) is 89.8 cm³/mol. The summed E-state index contributed by atoms with van der Waals surface area (Å²) >= 11 is 3.38. The molecule has 0 saturated carbocycles. The first-order valence-electron chi connectivity index (χ1n) is 7.26. The van der Waals surface area contributed by atoms with Crippen LogP contribution in [0.15, 0.2) is 22.7 Å². The van der Waals surface area contributed by atoms with Crippen molar-refractivity contribution in [3.8, 4) is 0 Å². The highest BCUT2D eigenvalue weighted by Crippen LogP contribution is 2.16. The molecule has 1 aromatic rings. The highest BCUT2D eigenvalue weighted by atomic mass is 79.9. The molecular weight excluding hydrogens is 348 g/mol. The Morgan fingerprint density at radius 3 is 2.45 bits per heavy atom. The summed E-state index contributed by atoms with van der Waals surface area (Å²) in [6.07, 6.45) is 0.400. The van der Waals surface area contributed by atoms with Gasteiger partial charge in [-0.05, 0) is 51.0 Å². The van der Waals surface area contributed by atoms with Gasteiger partial charge in [0.25, 0.3) is 5.91 Å². The molecule has 0 aromatic heterocycles. The maximum Gasteiger partial charge on any atom is 0.407 e. The van der Waals surface area contributed by atoms with Crippen molar-refractivity contribution in [1.82, 2.24) is 10.6 Å². The maximum absolute atomic E-state index is 12.0. The van der Waals surface area contributed by atoms with E-state index in [2.05, 4.69) is 26.6 Å². The maximum atomic E-state index is 12.0. The van der Waals surface area contributed by atoms with Gasteiger partial charge in [0, 0.05) is 23.1 Å². The van der Waals surface area contributed by atoms with Crippen LogP contribution in [-0.4, -0.2) is 24.1 Å². The summed E-state index contributed by atoms with van der Waals surface area (Å²) in [6.45, 7) is 8.35. The second kappa shape index (κ2) is 8.17. The van der Waals surface area contributed by atoms with Crippen molar-refractivity contribution >= 4 is 27.9 Å². The van der Waals surface area contributed by atoms with Crippen LogP contribution in [0.25, 0.3) is 0 Å². The molecule has 0 bridgehead atoms. The Labute approximate surface area is 139 Å². The average molecular weight is 371 g/mol. The van der Waals surface area contributed by atoms with Crippen LogP contribution < -0.4 is 10.6 Å². The lowest BCUT2D eigenvalue weighted by molar-refractivity contribution is 0.0523. The van der Waals surface area contributed by atoms with E-state index in [1.807, 2.05) is 33.8 Å². The highest BCUT2D eigenvalue weighted by Gasteiger charge is 2.16.